The monoisotopic (exact) mass is 407 g/mol. The van der Waals surface area contributed by atoms with Gasteiger partial charge >= 0.3 is 0 Å². The normalized spacial score (nSPS) is 11.6. The minimum atomic E-state index is -0.412. The molecular weight excluding hydrogens is 382 g/mol. The zero-order valence-corrected chi connectivity index (χ0v) is 17.5. The number of thioether (sulfide) groups is 1. The zero-order valence-electron chi connectivity index (χ0n) is 16.6. The number of hydrogen-bond acceptors (Lipinski definition) is 7. The van der Waals surface area contributed by atoms with E-state index in [0.29, 0.717) is 29.6 Å². The van der Waals surface area contributed by atoms with E-state index >= 15 is 0 Å². The first kappa shape index (κ1) is 21.6. The third-order valence-electron chi connectivity index (χ3n) is 4.03. The maximum absolute atomic E-state index is 12.4. The van der Waals surface area contributed by atoms with E-state index < -0.39 is 5.25 Å². The minimum Gasteiger partial charge on any atom is -0.497 e. The summed E-state index contributed by atoms with van der Waals surface area (Å²) < 4.78 is 15.5. The molecule has 0 saturated carbocycles. The Morgan fingerprint density at radius 2 is 2.04 bits per heavy atom. The van der Waals surface area contributed by atoms with Gasteiger partial charge in [-0.3, -0.25) is 9.59 Å². The average Bonchev–Trinajstić information content (AvgIpc) is 3.10. The SMILES string of the molecule is COc1ccc(CN(C)C(=O)CSC(C)C(=O)Nc2cc(C)on2)c(OC)c1. The lowest BCUT2D eigenvalue weighted by molar-refractivity contribution is -0.127. The molecule has 1 N–H and O–H groups in total. The van der Waals surface area contributed by atoms with Gasteiger partial charge < -0.3 is 24.2 Å². The number of nitrogens with zero attached hydrogens (tertiary/aromatic N) is 2. The minimum absolute atomic E-state index is 0.0835. The molecule has 0 aliphatic carbocycles. The first-order chi connectivity index (χ1) is 13.3. The van der Waals surface area contributed by atoms with Crippen molar-refractivity contribution in [3.05, 3.63) is 35.6 Å². The Bertz CT molecular complexity index is 824. The summed E-state index contributed by atoms with van der Waals surface area (Å²) in [6.07, 6.45) is 0. The van der Waals surface area contributed by atoms with E-state index in [9.17, 15) is 9.59 Å². The van der Waals surface area contributed by atoms with Crippen LogP contribution in [-0.2, 0) is 16.1 Å². The number of benzene rings is 1. The van der Waals surface area contributed by atoms with E-state index in [1.807, 2.05) is 12.1 Å². The molecule has 2 rings (SSSR count). The second kappa shape index (κ2) is 10.0. The maximum Gasteiger partial charge on any atom is 0.238 e. The molecule has 0 aliphatic rings. The van der Waals surface area contributed by atoms with E-state index in [1.165, 1.54) is 11.8 Å². The van der Waals surface area contributed by atoms with Crippen LogP contribution >= 0.6 is 11.8 Å². The summed E-state index contributed by atoms with van der Waals surface area (Å²) in [6.45, 7) is 3.88. The third-order valence-corrected chi connectivity index (χ3v) is 5.16. The summed E-state index contributed by atoms with van der Waals surface area (Å²) >= 11 is 1.26. The molecule has 2 amide bonds. The van der Waals surface area contributed by atoms with Crippen molar-refractivity contribution in [1.29, 1.82) is 0 Å². The molecule has 0 bridgehead atoms. The van der Waals surface area contributed by atoms with E-state index in [-0.39, 0.29) is 17.6 Å². The summed E-state index contributed by atoms with van der Waals surface area (Å²) in [4.78, 5) is 26.2. The Morgan fingerprint density at radius 1 is 1.29 bits per heavy atom. The second-order valence-electron chi connectivity index (χ2n) is 6.19. The van der Waals surface area contributed by atoms with Gasteiger partial charge in [0.2, 0.25) is 11.8 Å². The summed E-state index contributed by atoms with van der Waals surface area (Å²) in [7, 11) is 4.88. The van der Waals surface area contributed by atoms with E-state index in [2.05, 4.69) is 10.5 Å². The molecule has 28 heavy (non-hydrogen) atoms. The summed E-state index contributed by atoms with van der Waals surface area (Å²) in [6, 6.07) is 7.10. The Hall–Kier alpha value is -2.68. The molecule has 9 heteroatoms. The van der Waals surface area contributed by atoms with Gasteiger partial charge in [0.15, 0.2) is 5.82 Å². The summed E-state index contributed by atoms with van der Waals surface area (Å²) in [5, 5.41) is 5.98. The van der Waals surface area contributed by atoms with Crippen LogP contribution in [0.5, 0.6) is 11.5 Å². The molecule has 152 valence electrons. The van der Waals surface area contributed by atoms with Crippen molar-refractivity contribution in [2.75, 3.05) is 32.3 Å². The number of aryl methyl sites for hydroxylation is 1. The zero-order chi connectivity index (χ0) is 20.7. The fourth-order valence-corrected chi connectivity index (χ4v) is 3.18. The highest BCUT2D eigenvalue weighted by Gasteiger charge is 2.19. The molecule has 1 aromatic carbocycles. The topological polar surface area (TPSA) is 93.9 Å². The Labute approximate surface area is 168 Å². The number of carbonyl (C=O) groups excluding carboxylic acids is 2. The predicted molar refractivity (Wildman–Crippen MR) is 108 cm³/mol. The number of anilines is 1. The van der Waals surface area contributed by atoms with Gasteiger partial charge in [-0.25, -0.2) is 0 Å². The number of amides is 2. The van der Waals surface area contributed by atoms with E-state index in [0.717, 1.165) is 5.56 Å². The van der Waals surface area contributed by atoms with Crippen LogP contribution in [0.1, 0.15) is 18.2 Å². The number of carbonyl (C=O) groups is 2. The van der Waals surface area contributed by atoms with Gasteiger partial charge in [-0.2, -0.15) is 0 Å². The first-order valence-electron chi connectivity index (χ1n) is 8.64. The molecule has 1 unspecified atom stereocenters. The fraction of sp³-hybridized carbons (Fsp3) is 0.421. The Morgan fingerprint density at radius 3 is 2.64 bits per heavy atom. The predicted octanol–water partition coefficient (Wildman–Crippen LogP) is 2.72. The van der Waals surface area contributed by atoms with Gasteiger partial charge in [-0.1, -0.05) is 5.16 Å². The molecule has 0 fully saturated rings. The van der Waals surface area contributed by atoms with Crippen molar-refractivity contribution in [2.24, 2.45) is 0 Å². The first-order valence-corrected chi connectivity index (χ1v) is 9.69. The Kier molecular flexibility index (Phi) is 7.74. The number of rotatable bonds is 9. The average molecular weight is 407 g/mol. The van der Waals surface area contributed by atoms with Crippen LogP contribution in [-0.4, -0.2) is 54.1 Å². The van der Waals surface area contributed by atoms with Crippen molar-refractivity contribution in [1.82, 2.24) is 10.1 Å². The van der Waals surface area contributed by atoms with E-state index in [4.69, 9.17) is 14.0 Å². The fourth-order valence-electron chi connectivity index (χ4n) is 2.36. The van der Waals surface area contributed by atoms with Crippen molar-refractivity contribution < 1.29 is 23.6 Å². The van der Waals surface area contributed by atoms with Crippen LogP contribution in [0, 0.1) is 6.92 Å². The van der Waals surface area contributed by atoms with Gasteiger partial charge in [0, 0.05) is 31.3 Å². The van der Waals surface area contributed by atoms with E-state index in [1.54, 1.807) is 52.1 Å². The van der Waals surface area contributed by atoms with Gasteiger partial charge in [-0.05, 0) is 26.0 Å². The standard InChI is InChI=1S/C19H25N3O5S/c1-12-8-17(21-27-12)20-19(24)13(2)28-11-18(23)22(3)10-14-6-7-15(25-4)9-16(14)26-5/h6-9,13H,10-11H2,1-5H3,(H,20,21,24). The summed E-state index contributed by atoms with van der Waals surface area (Å²) in [5.41, 5.74) is 0.872. The van der Waals surface area contributed by atoms with Crippen LogP contribution in [0.3, 0.4) is 0 Å². The molecule has 1 atom stereocenters. The van der Waals surface area contributed by atoms with Crippen LogP contribution in [0.15, 0.2) is 28.8 Å². The Balaban J connectivity index is 1.85. The highest BCUT2D eigenvalue weighted by atomic mass is 32.2. The summed E-state index contributed by atoms with van der Waals surface area (Å²) in [5.74, 6) is 2.19. The number of nitrogens with one attached hydrogen (secondary N) is 1. The van der Waals surface area contributed by atoms with Crippen molar-refractivity contribution in [3.8, 4) is 11.5 Å². The third kappa shape index (κ3) is 5.91. The van der Waals surface area contributed by atoms with Gasteiger partial charge in [0.25, 0.3) is 0 Å². The molecule has 1 aromatic heterocycles. The molecule has 0 aliphatic heterocycles. The van der Waals surface area contributed by atoms with Crippen molar-refractivity contribution in [2.45, 2.75) is 25.6 Å². The molecule has 0 spiro atoms. The van der Waals surface area contributed by atoms with Gasteiger partial charge in [-0.15, -0.1) is 11.8 Å². The number of ether oxygens (including phenoxy) is 2. The van der Waals surface area contributed by atoms with Gasteiger partial charge in [0.1, 0.15) is 17.3 Å². The number of aromatic nitrogens is 1. The number of methoxy groups -OCH3 is 2. The maximum atomic E-state index is 12.4. The van der Waals surface area contributed by atoms with Gasteiger partial charge in [0.05, 0.1) is 25.2 Å². The lowest BCUT2D eigenvalue weighted by atomic mass is 10.2. The quantitative estimate of drug-likeness (QED) is 0.683. The second-order valence-corrected chi connectivity index (χ2v) is 7.52. The van der Waals surface area contributed by atoms with Crippen molar-refractivity contribution >= 4 is 29.4 Å². The lowest BCUT2D eigenvalue weighted by Crippen LogP contribution is -2.30. The molecular formula is C19H25N3O5S. The van der Waals surface area contributed by atoms with Crippen LogP contribution < -0.4 is 14.8 Å². The highest BCUT2D eigenvalue weighted by molar-refractivity contribution is 8.01. The number of hydrogen-bond donors (Lipinski definition) is 1. The molecule has 0 radical (unpaired) electrons. The van der Waals surface area contributed by atoms with Crippen molar-refractivity contribution in [3.63, 3.8) is 0 Å². The molecule has 1 heterocycles. The van der Waals surface area contributed by atoms with Crippen LogP contribution in [0.25, 0.3) is 0 Å². The molecule has 8 nitrogen and oxygen atoms in total. The largest absolute Gasteiger partial charge is 0.497 e. The van der Waals surface area contributed by atoms with Crippen LogP contribution in [0.2, 0.25) is 0 Å². The lowest BCUT2D eigenvalue weighted by Gasteiger charge is -2.20. The van der Waals surface area contributed by atoms with Crippen LogP contribution in [0.4, 0.5) is 5.82 Å². The molecule has 2 aromatic rings. The highest BCUT2D eigenvalue weighted by Crippen LogP contribution is 2.25. The smallest absolute Gasteiger partial charge is 0.238 e. The molecule has 0 saturated heterocycles.